The molecule has 7 heteroatoms. The summed E-state index contributed by atoms with van der Waals surface area (Å²) < 4.78 is 10.5. The summed E-state index contributed by atoms with van der Waals surface area (Å²) in [6.45, 7) is 0.759. The molecule has 1 fully saturated rings. The second kappa shape index (κ2) is 8.44. The Hall–Kier alpha value is -3.53. The lowest BCUT2D eigenvalue weighted by Gasteiger charge is -2.18. The third kappa shape index (κ3) is 4.23. The molecule has 1 atom stereocenters. The van der Waals surface area contributed by atoms with Gasteiger partial charge in [-0.15, -0.1) is 0 Å². The van der Waals surface area contributed by atoms with Crippen molar-refractivity contribution in [2.45, 2.75) is 13.0 Å². The van der Waals surface area contributed by atoms with E-state index in [1.54, 1.807) is 49.5 Å². The van der Waals surface area contributed by atoms with Gasteiger partial charge in [0, 0.05) is 25.2 Å². The molecule has 3 rings (SSSR count). The fraction of sp³-hybridized carbons (Fsp3) is 0.286. The summed E-state index contributed by atoms with van der Waals surface area (Å²) in [5.41, 5.74) is 2.03. The van der Waals surface area contributed by atoms with E-state index in [-0.39, 0.29) is 18.2 Å². The van der Waals surface area contributed by atoms with Gasteiger partial charge in [0.15, 0.2) is 11.5 Å². The van der Waals surface area contributed by atoms with Gasteiger partial charge in [-0.2, -0.15) is 5.26 Å². The number of ether oxygens (including phenoxy) is 2. The molecule has 1 aliphatic rings. The van der Waals surface area contributed by atoms with Crippen molar-refractivity contribution >= 4 is 17.5 Å². The van der Waals surface area contributed by atoms with E-state index in [2.05, 4.69) is 5.32 Å². The Bertz CT molecular complexity index is 918. The molecule has 7 nitrogen and oxygen atoms in total. The largest absolute Gasteiger partial charge is 0.493 e. The van der Waals surface area contributed by atoms with Crippen LogP contribution in [0.3, 0.4) is 0 Å². The summed E-state index contributed by atoms with van der Waals surface area (Å²) in [6, 6.07) is 14.2. The number of anilines is 1. The smallest absolute Gasteiger partial charge is 0.229 e. The van der Waals surface area contributed by atoms with Crippen molar-refractivity contribution in [2.24, 2.45) is 5.92 Å². The summed E-state index contributed by atoms with van der Waals surface area (Å²) in [6.07, 6.45) is 0.176. The molecule has 0 radical (unpaired) electrons. The molecule has 1 heterocycles. The van der Waals surface area contributed by atoms with E-state index < -0.39 is 5.92 Å². The van der Waals surface area contributed by atoms with Gasteiger partial charge >= 0.3 is 0 Å². The molecule has 1 saturated heterocycles. The van der Waals surface area contributed by atoms with Crippen LogP contribution in [0.5, 0.6) is 11.5 Å². The maximum Gasteiger partial charge on any atom is 0.229 e. The van der Waals surface area contributed by atoms with Crippen LogP contribution in [0.4, 0.5) is 5.69 Å². The van der Waals surface area contributed by atoms with Crippen molar-refractivity contribution in [1.29, 1.82) is 5.26 Å². The van der Waals surface area contributed by atoms with Crippen molar-refractivity contribution in [1.82, 2.24) is 4.90 Å². The number of nitrogens with one attached hydrogen (secondary N) is 1. The molecule has 28 heavy (non-hydrogen) atoms. The maximum absolute atomic E-state index is 12.5. The zero-order valence-corrected chi connectivity index (χ0v) is 15.8. The highest BCUT2D eigenvalue weighted by Gasteiger charge is 2.34. The number of nitrogens with zero attached hydrogens (tertiary/aromatic N) is 2. The Balaban J connectivity index is 1.62. The van der Waals surface area contributed by atoms with E-state index in [0.29, 0.717) is 35.8 Å². The predicted octanol–water partition coefficient (Wildman–Crippen LogP) is 2.56. The summed E-state index contributed by atoms with van der Waals surface area (Å²) in [5, 5.41) is 11.6. The average molecular weight is 379 g/mol. The highest BCUT2D eigenvalue weighted by atomic mass is 16.5. The van der Waals surface area contributed by atoms with Gasteiger partial charge in [-0.25, -0.2) is 0 Å². The highest BCUT2D eigenvalue weighted by Crippen LogP contribution is 2.29. The standard InChI is InChI=1S/C21H21N3O4/c1-27-18-8-5-15(9-19(18)28-2)12-24-13-16(10-20(24)25)21(26)23-17-6-3-14(11-22)4-7-17/h3-9,16H,10,12-13H2,1-2H3,(H,23,26). The molecular formula is C21H21N3O4. The molecule has 0 saturated carbocycles. The van der Waals surface area contributed by atoms with Gasteiger partial charge in [0.25, 0.3) is 0 Å². The van der Waals surface area contributed by atoms with Crippen molar-refractivity contribution in [2.75, 3.05) is 26.1 Å². The Morgan fingerprint density at radius 2 is 1.89 bits per heavy atom. The van der Waals surface area contributed by atoms with E-state index in [1.807, 2.05) is 18.2 Å². The minimum absolute atomic E-state index is 0.0604. The highest BCUT2D eigenvalue weighted by molar-refractivity contribution is 5.97. The Kier molecular flexibility index (Phi) is 5.80. The first kappa shape index (κ1) is 19.2. The molecule has 0 aromatic heterocycles. The molecule has 1 unspecified atom stereocenters. The van der Waals surface area contributed by atoms with Gasteiger partial charge in [-0.1, -0.05) is 6.07 Å². The molecule has 2 aromatic carbocycles. The fourth-order valence-electron chi connectivity index (χ4n) is 3.17. The van der Waals surface area contributed by atoms with Crippen LogP contribution < -0.4 is 14.8 Å². The summed E-state index contributed by atoms with van der Waals surface area (Å²) in [7, 11) is 3.13. The molecule has 2 amide bonds. The summed E-state index contributed by atoms with van der Waals surface area (Å²) >= 11 is 0. The molecule has 0 aliphatic carbocycles. The van der Waals surface area contributed by atoms with Crippen LogP contribution in [0, 0.1) is 17.2 Å². The molecule has 1 N–H and O–H groups in total. The normalized spacial score (nSPS) is 15.8. The van der Waals surface area contributed by atoms with Crippen LogP contribution >= 0.6 is 0 Å². The van der Waals surface area contributed by atoms with Crippen LogP contribution in [0.1, 0.15) is 17.5 Å². The third-order valence-corrected chi connectivity index (χ3v) is 4.69. The van der Waals surface area contributed by atoms with Crippen LogP contribution in [-0.2, 0) is 16.1 Å². The molecule has 0 spiro atoms. The SMILES string of the molecule is COc1ccc(CN2CC(C(=O)Nc3ccc(C#N)cc3)CC2=O)cc1OC. The quantitative estimate of drug-likeness (QED) is 0.833. The third-order valence-electron chi connectivity index (χ3n) is 4.69. The Labute approximate surface area is 163 Å². The van der Waals surface area contributed by atoms with Crippen molar-refractivity contribution in [3.63, 3.8) is 0 Å². The van der Waals surface area contributed by atoms with Crippen LogP contribution in [0.25, 0.3) is 0 Å². The van der Waals surface area contributed by atoms with Crippen LogP contribution in [0.2, 0.25) is 0 Å². The minimum Gasteiger partial charge on any atom is -0.493 e. The van der Waals surface area contributed by atoms with Crippen LogP contribution in [-0.4, -0.2) is 37.5 Å². The second-order valence-electron chi connectivity index (χ2n) is 6.54. The molecular weight excluding hydrogens is 358 g/mol. The molecule has 2 aromatic rings. The van der Waals surface area contributed by atoms with Gasteiger partial charge in [0.1, 0.15) is 0 Å². The first-order valence-corrected chi connectivity index (χ1v) is 8.83. The lowest BCUT2D eigenvalue weighted by molar-refractivity contribution is -0.128. The number of rotatable bonds is 6. The lowest BCUT2D eigenvalue weighted by Crippen LogP contribution is -2.28. The van der Waals surface area contributed by atoms with Gasteiger partial charge in [0.05, 0.1) is 31.8 Å². The number of methoxy groups -OCH3 is 2. The predicted molar refractivity (Wildman–Crippen MR) is 103 cm³/mol. The number of carbonyl (C=O) groups is 2. The van der Waals surface area contributed by atoms with E-state index in [1.165, 1.54) is 0 Å². The molecule has 144 valence electrons. The van der Waals surface area contributed by atoms with Gasteiger partial charge in [-0.3, -0.25) is 9.59 Å². The van der Waals surface area contributed by atoms with E-state index in [9.17, 15) is 9.59 Å². The van der Waals surface area contributed by atoms with Gasteiger partial charge in [0.2, 0.25) is 11.8 Å². The minimum atomic E-state index is -0.414. The Morgan fingerprint density at radius 3 is 2.54 bits per heavy atom. The van der Waals surface area contributed by atoms with Crippen molar-refractivity contribution in [3.8, 4) is 17.6 Å². The number of hydrogen-bond donors (Lipinski definition) is 1. The van der Waals surface area contributed by atoms with Gasteiger partial charge < -0.3 is 19.7 Å². The molecule has 0 bridgehead atoms. The summed E-state index contributed by atoms with van der Waals surface area (Å²) in [4.78, 5) is 26.5. The summed E-state index contributed by atoms with van der Waals surface area (Å²) in [5.74, 6) is 0.548. The van der Waals surface area contributed by atoms with Crippen molar-refractivity contribution < 1.29 is 19.1 Å². The number of hydrogen-bond acceptors (Lipinski definition) is 5. The van der Waals surface area contributed by atoms with E-state index >= 15 is 0 Å². The Morgan fingerprint density at radius 1 is 1.18 bits per heavy atom. The number of nitriles is 1. The monoisotopic (exact) mass is 379 g/mol. The number of benzene rings is 2. The van der Waals surface area contributed by atoms with E-state index in [0.717, 1.165) is 5.56 Å². The van der Waals surface area contributed by atoms with Crippen molar-refractivity contribution in [3.05, 3.63) is 53.6 Å². The topological polar surface area (TPSA) is 91.7 Å². The number of carbonyl (C=O) groups excluding carboxylic acids is 2. The lowest BCUT2D eigenvalue weighted by atomic mass is 10.1. The van der Waals surface area contributed by atoms with Crippen LogP contribution in [0.15, 0.2) is 42.5 Å². The first-order chi connectivity index (χ1) is 13.5. The first-order valence-electron chi connectivity index (χ1n) is 8.83. The second-order valence-corrected chi connectivity index (χ2v) is 6.54. The maximum atomic E-state index is 12.5. The number of amides is 2. The zero-order valence-electron chi connectivity index (χ0n) is 15.8. The van der Waals surface area contributed by atoms with Gasteiger partial charge in [-0.05, 0) is 42.0 Å². The van der Waals surface area contributed by atoms with E-state index in [4.69, 9.17) is 14.7 Å². The number of likely N-dealkylation sites (tertiary alicyclic amines) is 1. The molecule has 1 aliphatic heterocycles. The zero-order chi connectivity index (χ0) is 20.1. The average Bonchev–Trinajstić information content (AvgIpc) is 3.09. The fourth-order valence-corrected chi connectivity index (χ4v) is 3.17.